The molecule has 2 aliphatic heterocycles. The van der Waals surface area contributed by atoms with Gasteiger partial charge in [-0.05, 0) is 45.4 Å². The molecule has 1 saturated carbocycles. The fourth-order valence-electron chi connectivity index (χ4n) is 5.30. The van der Waals surface area contributed by atoms with Crippen molar-refractivity contribution in [3.63, 3.8) is 0 Å². The van der Waals surface area contributed by atoms with E-state index in [4.69, 9.17) is 4.74 Å². The molecule has 0 bridgehead atoms. The van der Waals surface area contributed by atoms with Crippen molar-refractivity contribution in [1.29, 1.82) is 0 Å². The zero-order valence-corrected chi connectivity index (χ0v) is 17.7. The van der Waals surface area contributed by atoms with Gasteiger partial charge in [0.05, 0.1) is 29.7 Å². The molecule has 1 N–H and O–H groups in total. The molecule has 1 aromatic heterocycles. The normalized spacial score (nSPS) is 26.8. The van der Waals surface area contributed by atoms with E-state index in [1.54, 1.807) is 6.20 Å². The van der Waals surface area contributed by atoms with E-state index in [1.807, 2.05) is 23.6 Å². The van der Waals surface area contributed by atoms with Gasteiger partial charge in [0.15, 0.2) is 0 Å². The minimum Gasteiger partial charge on any atom is -0.372 e. The van der Waals surface area contributed by atoms with Crippen LogP contribution in [0.15, 0.2) is 6.20 Å². The fraction of sp³-hybridized carbons (Fsp3) is 0.773. The first-order valence-electron chi connectivity index (χ1n) is 11.3. The van der Waals surface area contributed by atoms with Gasteiger partial charge in [0.1, 0.15) is 0 Å². The van der Waals surface area contributed by atoms with E-state index in [0.29, 0.717) is 36.9 Å². The van der Waals surface area contributed by atoms with Crippen molar-refractivity contribution in [2.24, 2.45) is 5.92 Å². The summed E-state index contributed by atoms with van der Waals surface area (Å²) in [5.74, 6) is 1.20. The molecule has 3 aliphatic rings. The molecule has 0 radical (unpaired) electrons. The number of piperidine rings is 1. The molecule has 2 saturated heterocycles. The predicted molar refractivity (Wildman–Crippen MR) is 110 cm³/mol. The molecular formula is C22H34N4O3. The van der Waals surface area contributed by atoms with Crippen LogP contribution in [0.3, 0.4) is 0 Å². The molecule has 0 spiro atoms. The molecule has 0 aromatic carbocycles. The van der Waals surface area contributed by atoms with E-state index >= 15 is 0 Å². The zero-order chi connectivity index (χ0) is 20.4. The molecule has 1 aliphatic carbocycles. The summed E-state index contributed by atoms with van der Waals surface area (Å²) in [6, 6.07) is 0. The number of nitrogens with zero attached hydrogens (tertiary/aromatic N) is 3. The Bertz CT molecular complexity index is 709. The summed E-state index contributed by atoms with van der Waals surface area (Å²) in [4.78, 5) is 29.7. The van der Waals surface area contributed by atoms with Gasteiger partial charge in [-0.2, -0.15) is 5.10 Å². The van der Waals surface area contributed by atoms with Crippen LogP contribution in [0.1, 0.15) is 80.8 Å². The fourth-order valence-corrected chi connectivity index (χ4v) is 5.30. The molecule has 4 rings (SSSR count). The summed E-state index contributed by atoms with van der Waals surface area (Å²) in [5, 5.41) is 7.28. The lowest BCUT2D eigenvalue weighted by molar-refractivity contribution is -0.133. The van der Waals surface area contributed by atoms with Crippen molar-refractivity contribution < 1.29 is 14.3 Å². The van der Waals surface area contributed by atoms with Gasteiger partial charge in [0.2, 0.25) is 5.91 Å². The summed E-state index contributed by atoms with van der Waals surface area (Å²) >= 11 is 0. The maximum atomic E-state index is 13.1. The van der Waals surface area contributed by atoms with Crippen LogP contribution in [0, 0.1) is 5.92 Å². The molecule has 3 fully saturated rings. The monoisotopic (exact) mass is 402 g/mol. The second kappa shape index (κ2) is 8.86. The molecule has 7 heteroatoms. The molecule has 160 valence electrons. The Hall–Kier alpha value is -1.89. The Morgan fingerprint density at radius 3 is 2.38 bits per heavy atom. The number of ether oxygens (including phenoxy) is 1. The number of aromatic amines is 1. The Labute approximate surface area is 173 Å². The van der Waals surface area contributed by atoms with Crippen molar-refractivity contribution in [3.8, 4) is 0 Å². The van der Waals surface area contributed by atoms with E-state index in [1.165, 1.54) is 25.7 Å². The van der Waals surface area contributed by atoms with Crippen molar-refractivity contribution in [2.75, 3.05) is 26.2 Å². The van der Waals surface area contributed by atoms with Crippen LogP contribution in [-0.2, 0) is 9.53 Å². The van der Waals surface area contributed by atoms with Gasteiger partial charge in [0, 0.05) is 38.5 Å². The zero-order valence-electron chi connectivity index (χ0n) is 17.7. The maximum Gasteiger partial charge on any atom is 0.257 e. The smallest absolute Gasteiger partial charge is 0.257 e. The number of amides is 2. The van der Waals surface area contributed by atoms with Gasteiger partial charge in [-0.15, -0.1) is 0 Å². The predicted octanol–water partition coefficient (Wildman–Crippen LogP) is 2.95. The van der Waals surface area contributed by atoms with Gasteiger partial charge in [-0.3, -0.25) is 14.7 Å². The Morgan fingerprint density at radius 2 is 1.72 bits per heavy atom. The highest BCUT2D eigenvalue weighted by atomic mass is 16.5. The minimum atomic E-state index is 0.0375. The summed E-state index contributed by atoms with van der Waals surface area (Å²) in [6.45, 7) is 6.78. The summed E-state index contributed by atoms with van der Waals surface area (Å²) in [7, 11) is 0. The standard InChI is InChI=1S/C22H34N4O3/c1-15-13-26(14-16(2)29-15)22(28)19-12-23-24-21(19)18-7-9-25(10-8-18)20(27)11-17-5-3-4-6-17/h12,15-18H,3-11,13-14H2,1-2H3,(H,23,24)/t15-,16-/m0/s1. The van der Waals surface area contributed by atoms with Crippen LogP contribution >= 0.6 is 0 Å². The number of hydrogen-bond donors (Lipinski definition) is 1. The maximum absolute atomic E-state index is 13.1. The molecule has 2 atom stereocenters. The number of morpholine rings is 1. The van der Waals surface area contributed by atoms with E-state index in [9.17, 15) is 9.59 Å². The second-order valence-electron chi connectivity index (χ2n) is 9.17. The highest BCUT2D eigenvalue weighted by Crippen LogP contribution is 2.32. The van der Waals surface area contributed by atoms with E-state index in [0.717, 1.165) is 31.6 Å². The lowest BCUT2D eigenvalue weighted by atomic mass is 9.90. The molecular weight excluding hydrogens is 368 g/mol. The third-order valence-electron chi connectivity index (χ3n) is 6.80. The van der Waals surface area contributed by atoms with Crippen molar-refractivity contribution in [3.05, 3.63) is 17.5 Å². The largest absolute Gasteiger partial charge is 0.372 e. The van der Waals surface area contributed by atoms with Crippen molar-refractivity contribution in [2.45, 2.75) is 76.9 Å². The van der Waals surface area contributed by atoms with Crippen molar-refractivity contribution >= 4 is 11.8 Å². The Morgan fingerprint density at radius 1 is 1.07 bits per heavy atom. The number of H-pyrrole nitrogens is 1. The van der Waals surface area contributed by atoms with Gasteiger partial charge in [-0.1, -0.05) is 12.8 Å². The van der Waals surface area contributed by atoms with Crippen LogP contribution < -0.4 is 0 Å². The number of likely N-dealkylation sites (tertiary alicyclic amines) is 1. The molecule has 1 aromatic rings. The second-order valence-corrected chi connectivity index (χ2v) is 9.17. The van der Waals surface area contributed by atoms with Crippen LogP contribution in [-0.4, -0.2) is 70.2 Å². The minimum absolute atomic E-state index is 0.0375. The summed E-state index contributed by atoms with van der Waals surface area (Å²) in [5.41, 5.74) is 1.62. The van der Waals surface area contributed by atoms with E-state index in [2.05, 4.69) is 10.2 Å². The first kappa shape index (κ1) is 20.4. The average molecular weight is 403 g/mol. The summed E-state index contributed by atoms with van der Waals surface area (Å²) < 4.78 is 5.76. The molecule has 29 heavy (non-hydrogen) atoms. The molecule has 3 heterocycles. The first-order valence-corrected chi connectivity index (χ1v) is 11.3. The average Bonchev–Trinajstić information content (AvgIpc) is 3.38. The Balaban J connectivity index is 1.35. The van der Waals surface area contributed by atoms with Gasteiger partial charge in [0.25, 0.3) is 5.91 Å². The Kier molecular flexibility index (Phi) is 6.23. The van der Waals surface area contributed by atoms with Crippen molar-refractivity contribution in [1.82, 2.24) is 20.0 Å². The third-order valence-corrected chi connectivity index (χ3v) is 6.80. The van der Waals surface area contributed by atoms with Gasteiger partial charge < -0.3 is 14.5 Å². The molecule has 7 nitrogen and oxygen atoms in total. The number of hydrogen-bond acceptors (Lipinski definition) is 4. The third kappa shape index (κ3) is 4.65. The highest BCUT2D eigenvalue weighted by molar-refractivity contribution is 5.95. The van der Waals surface area contributed by atoms with E-state index in [-0.39, 0.29) is 24.0 Å². The number of rotatable bonds is 4. The quantitative estimate of drug-likeness (QED) is 0.840. The number of nitrogens with one attached hydrogen (secondary N) is 1. The molecule has 0 unspecified atom stereocenters. The first-order chi connectivity index (χ1) is 14.0. The number of carbonyl (C=O) groups excluding carboxylic acids is 2. The van der Waals surface area contributed by atoms with Crippen LogP contribution in [0.5, 0.6) is 0 Å². The van der Waals surface area contributed by atoms with Crippen LogP contribution in [0.2, 0.25) is 0 Å². The highest BCUT2D eigenvalue weighted by Gasteiger charge is 2.32. The SMILES string of the molecule is C[C@H]1CN(C(=O)c2cn[nH]c2C2CCN(C(=O)CC3CCCC3)CC2)C[C@H](C)O1. The molecule has 2 amide bonds. The van der Waals surface area contributed by atoms with Gasteiger partial charge in [-0.25, -0.2) is 0 Å². The lowest BCUT2D eigenvalue weighted by Gasteiger charge is -2.36. The number of carbonyl (C=O) groups is 2. The van der Waals surface area contributed by atoms with Crippen LogP contribution in [0.4, 0.5) is 0 Å². The van der Waals surface area contributed by atoms with Gasteiger partial charge >= 0.3 is 0 Å². The lowest BCUT2D eigenvalue weighted by Crippen LogP contribution is -2.48. The number of aromatic nitrogens is 2. The summed E-state index contributed by atoms with van der Waals surface area (Å²) in [6.07, 6.45) is 9.21. The topological polar surface area (TPSA) is 78.5 Å². The van der Waals surface area contributed by atoms with Crippen LogP contribution in [0.25, 0.3) is 0 Å². The van der Waals surface area contributed by atoms with E-state index < -0.39 is 0 Å².